The van der Waals surface area contributed by atoms with Crippen LogP contribution < -0.4 is 10.6 Å². The molecule has 6 aliphatic rings. The van der Waals surface area contributed by atoms with E-state index in [1.807, 2.05) is 13.8 Å². The molecule has 10 heteroatoms. The number of Topliss-reactive ketones (excluding diaryl/α,β-unsaturated/α-hetero) is 1. The number of nitrogens with one attached hydrogen (secondary N) is 2. The van der Waals surface area contributed by atoms with Crippen molar-refractivity contribution in [2.24, 2.45) is 62.6 Å². The van der Waals surface area contributed by atoms with Gasteiger partial charge in [-0.3, -0.25) is 24.0 Å². The monoisotopic (exact) mass is 774 g/mol. The lowest BCUT2D eigenvalue weighted by molar-refractivity contribution is -0.235. The summed E-state index contributed by atoms with van der Waals surface area (Å²) in [5.74, 6) is -1.61. The van der Waals surface area contributed by atoms with Gasteiger partial charge in [0.05, 0.1) is 23.6 Å². The first-order valence-corrected chi connectivity index (χ1v) is 21.3. The Labute approximate surface area is 333 Å². The number of carbonyl (C=O) groups is 5. The number of carboxylic acids is 1. The second kappa shape index (κ2) is 13.0. The molecule has 10 atom stereocenters. The largest absolute Gasteiger partial charge is 0.481 e. The first-order valence-electron chi connectivity index (χ1n) is 21.3. The summed E-state index contributed by atoms with van der Waals surface area (Å²) in [7, 11) is 0. The van der Waals surface area contributed by atoms with Gasteiger partial charge in [-0.25, -0.2) is 0 Å². The molecular weight excluding hydrogens is 709 g/mol. The number of ketones is 1. The Kier molecular flexibility index (Phi) is 9.49. The molecule has 1 aromatic heterocycles. The fourth-order valence-corrected chi connectivity index (χ4v) is 14.1. The molecule has 308 valence electrons. The van der Waals surface area contributed by atoms with Crippen molar-refractivity contribution in [3.8, 4) is 0 Å². The number of esters is 1. The van der Waals surface area contributed by atoms with E-state index in [0.29, 0.717) is 24.7 Å². The molecule has 1 aromatic rings. The Hall–Kier alpha value is -3.43. The van der Waals surface area contributed by atoms with Crippen molar-refractivity contribution in [2.75, 3.05) is 0 Å². The van der Waals surface area contributed by atoms with E-state index in [4.69, 9.17) is 9.15 Å². The van der Waals surface area contributed by atoms with Crippen LogP contribution in [0, 0.1) is 62.6 Å². The van der Waals surface area contributed by atoms with Crippen LogP contribution in [0.5, 0.6) is 0 Å². The van der Waals surface area contributed by atoms with Crippen molar-refractivity contribution < 1.29 is 38.2 Å². The minimum absolute atomic E-state index is 0.0170. The van der Waals surface area contributed by atoms with Crippen molar-refractivity contribution in [1.29, 1.82) is 0 Å². The molecule has 5 fully saturated rings. The molecule has 0 radical (unpaired) electrons. The van der Waals surface area contributed by atoms with Gasteiger partial charge in [-0.1, -0.05) is 62.3 Å². The Morgan fingerprint density at radius 1 is 0.875 bits per heavy atom. The summed E-state index contributed by atoms with van der Waals surface area (Å²) in [6.07, 6.45) is 9.09. The molecule has 6 aliphatic carbocycles. The molecule has 0 spiro atoms. The van der Waals surface area contributed by atoms with E-state index in [2.05, 4.69) is 59.1 Å². The number of furan rings is 1. The molecule has 10 nitrogen and oxygen atoms in total. The number of allylic oxidation sites excluding steroid dienone is 1. The fraction of sp³-hybridized carbons (Fsp3) is 0.761. The molecular formula is C46H66N2O8. The highest BCUT2D eigenvalue weighted by atomic mass is 16.5. The number of carbonyl (C=O) groups excluding carboxylic acids is 4. The van der Waals surface area contributed by atoms with Crippen molar-refractivity contribution in [3.63, 3.8) is 0 Å². The number of hydrogen-bond donors (Lipinski definition) is 3. The SMILES string of the molecule is CC(C)C1=C2[C@H]3CC[C@@H]4[C@@]5(C)CC[C@H](OC(=O)[C@H]6C[C@@H](C(=O)O)C6(C)C)C(C)(C)[C@@H]5CC[C@@]4(C)[C@]3(C)CC[C@@]2(NC(=O)C(C)(C)NC(=O)c2ccco2)CC1=O. The summed E-state index contributed by atoms with van der Waals surface area (Å²) in [5.41, 5.74) is -0.999. The fourth-order valence-electron chi connectivity index (χ4n) is 14.1. The lowest BCUT2D eigenvalue weighted by atomic mass is 9.33. The molecule has 0 bridgehead atoms. The van der Waals surface area contributed by atoms with Crippen LogP contribution >= 0.6 is 0 Å². The summed E-state index contributed by atoms with van der Waals surface area (Å²) >= 11 is 0. The van der Waals surface area contributed by atoms with Gasteiger partial charge in [0, 0.05) is 11.8 Å². The molecule has 7 rings (SSSR count). The van der Waals surface area contributed by atoms with Crippen LogP contribution in [0.4, 0.5) is 0 Å². The third-order valence-electron chi connectivity index (χ3n) is 17.6. The Morgan fingerprint density at radius 3 is 2.18 bits per heavy atom. The van der Waals surface area contributed by atoms with Crippen LogP contribution in [0.25, 0.3) is 0 Å². The van der Waals surface area contributed by atoms with E-state index in [1.54, 1.807) is 26.0 Å². The third-order valence-corrected chi connectivity index (χ3v) is 17.6. The summed E-state index contributed by atoms with van der Waals surface area (Å²) in [4.78, 5) is 66.7. The van der Waals surface area contributed by atoms with Gasteiger partial charge in [-0.15, -0.1) is 0 Å². The van der Waals surface area contributed by atoms with E-state index >= 15 is 0 Å². The second-order valence-corrected chi connectivity index (χ2v) is 21.6. The number of ether oxygens (including phenoxy) is 1. The number of aliphatic carboxylic acids is 1. The topological polar surface area (TPSA) is 152 Å². The maximum atomic E-state index is 14.2. The predicted molar refractivity (Wildman–Crippen MR) is 211 cm³/mol. The Morgan fingerprint density at radius 2 is 1.57 bits per heavy atom. The molecule has 0 saturated heterocycles. The van der Waals surface area contributed by atoms with Crippen LogP contribution in [0.1, 0.15) is 151 Å². The third kappa shape index (κ3) is 5.71. The first kappa shape index (κ1) is 40.8. The van der Waals surface area contributed by atoms with Crippen LogP contribution in [-0.2, 0) is 23.9 Å². The summed E-state index contributed by atoms with van der Waals surface area (Å²) < 4.78 is 11.7. The lowest BCUT2D eigenvalue weighted by Gasteiger charge is -2.72. The molecule has 56 heavy (non-hydrogen) atoms. The maximum Gasteiger partial charge on any atom is 0.309 e. The van der Waals surface area contributed by atoms with Crippen molar-refractivity contribution >= 4 is 29.5 Å². The van der Waals surface area contributed by atoms with Crippen LogP contribution in [0.15, 0.2) is 34.0 Å². The van der Waals surface area contributed by atoms with Gasteiger partial charge in [-0.05, 0) is 140 Å². The molecule has 3 N–H and O–H groups in total. The molecule has 5 saturated carbocycles. The van der Waals surface area contributed by atoms with E-state index in [-0.39, 0.29) is 69.4 Å². The van der Waals surface area contributed by atoms with Crippen LogP contribution in [0.2, 0.25) is 0 Å². The average Bonchev–Trinajstić information content (AvgIpc) is 3.72. The minimum Gasteiger partial charge on any atom is -0.481 e. The predicted octanol–water partition coefficient (Wildman–Crippen LogP) is 8.30. The zero-order chi connectivity index (χ0) is 41.2. The van der Waals surface area contributed by atoms with Gasteiger partial charge in [0.2, 0.25) is 5.91 Å². The van der Waals surface area contributed by atoms with E-state index in [9.17, 15) is 29.1 Å². The second-order valence-electron chi connectivity index (χ2n) is 21.6. The van der Waals surface area contributed by atoms with Gasteiger partial charge >= 0.3 is 11.9 Å². The average molecular weight is 775 g/mol. The molecule has 0 unspecified atom stereocenters. The van der Waals surface area contributed by atoms with E-state index in [0.717, 1.165) is 56.1 Å². The molecule has 0 aliphatic heterocycles. The summed E-state index contributed by atoms with van der Waals surface area (Å²) in [6, 6.07) is 3.20. The quantitative estimate of drug-likeness (QED) is 0.223. The smallest absolute Gasteiger partial charge is 0.309 e. The summed E-state index contributed by atoms with van der Waals surface area (Å²) in [6.45, 7) is 23.4. The zero-order valence-electron chi connectivity index (χ0n) is 35.6. The van der Waals surface area contributed by atoms with Crippen molar-refractivity contribution in [2.45, 2.75) is 158 Å². The number of fused-ring (bicyclic) bond motifs is 7. The van der Waals surface area contributed by atoms with Gasteiger partial charge in [-0.2, -0.15) is 0 Å². The molecule has 1 heterocycles. The van der Waals surface area contributed by atoms with Gasteiger partial charge < -0.3 is 24.9 Å². The molecule has 2 amide bonds. The number of carboxylic acid groups (broad SMARTS) is 1. The Bertz CT molecular complexity index is 1860. The van der Waals surface area contributed by atoms with Gasteiger partial charge in [0.25, 0.3) is 5.91 Å². The molecule has 0 aromatic carbocycles. The minimum atomic E-state index is -1.25. The van der Waals surface area contributed by atoms with Crippen LogP contribution in [-0.4, -0.2) is 51.8 Å². The highest BCUT2D eigenvalue weighted by Gasteiger charge is 2.71. The van der Waals surface area contributed by atoms with Crippen LogP contribution in [0.3, 0.4) is 0 Å². The highest BCUT2D eigenvalue weighted by Crippen LogP contribution is 2.76. The van der Waals surface area contributed by atoms with Gasteiger partial charge in [0.1, 0.15) is 11.6 Å². The number of amides is 2. The van der Waals surface area contributed by atoms with Crippen molar-refractivity contribution in [3.05, 3.63) is 35.3 Å². The van der Waals surface area contributed by atoms with E-state index < -0.39 is 40.2 Å². The van der Waals surface area contributed by atoms with Gasteiger partial charge in [0.15, 0.2) is 11.5 Å². The number of rotatable bonds is 8. The zero-order valence-corrected chi connectivity index (χ0v) is 35.6. The maximum absolute atomic E-state index is 14.2. The summed E-state index contributed by atoms with van der Waals surface area (Å²) in [5, 5.41) is 15.9. The highest BCUT2D eigenvalue weighted by molar-refractivity contribution is 6.03. The van der Waals surface area contributed by atoms with E-state index in [1.165, 1.54) is 6.26 Å². The number of hydrogen-bond acceptors (Lipinski definition) is 7. The first-order chi connectivity index (χ1) is 25.9. The lowest BCUT2D eigenvalue weighted by Crippen LogP contribution is -2.68. The standard InChI is InChI=1S/C46H66N2O8/c1-25(2)34-29(49)24-46(48-39(54)42(7,8)47-36(50)30-13-12-22-55-30)21-20-44(10)26(35(34)46)14-15-32-43(9)18-17-33(41(5,6)31(43)16-19-45(32,44)11)56-38(53)28-23-27(37(51)52)40(28,3)4/h12-13,22,25-28,31-33H,14-21,23-24H2,1-11H3,(H,47,50)(H,48,54)(H,51,52)/t26-,27+,28-,31+,32-,33+,43+,44-,45-,46-/m1/s1. The van der Waals surface area contributed by atoms with Crippen molar-refractivity contribution in [1.82, 2.24) is 10.6 Å². The normalized spacial score (nSPS) is 39.7. The Balaban J connectivity index is 1.14.